The Kier molecular flexibility index (Phi) is 10.6. The van der Waals surface area contributed by atoms with Crippen LogP contribution in [0.15, 0.2) is 23.1 Å². The molecule has 1 saturated carbocycles. The standard InChI is InChI=1S/C24H32O6S/c1-16-8-9-19(13-17(16)2)31-15-21-20(24(28-4)18(3)23(21)27)7-5-6-11-29-14-22(26)30-12-10-25/h8-9,13,18,20-21,24-25H,7,10-12,14-15H2,1-4H3/t18?,20-,21-,24?/m1/s1. The van der Waals surface area contributed by atoms with Crippen LogP contribution in [0.25, 0.3) is 0 Å². The molecule has 0 saturated heterocycles. The fraction of sp³-hybridized carbons (Fsp3) is 0.583. The summed E-state index contributed by atoms with van der Waals surface area (Å²) >= 11 is 1.70. The van der Waals surface area contributed by atoms with E-state index in [1.165, 1.54) is 11.1 Å². The molecular weight excluding hydrogens is 416 g/mol. The number of ether oxygens (including phenoxy) is 3. The van der Waals surface area contributed by atoms with Crippen LogP contribution in [0, 0.1) is 43.4 Å². The number of ketones is 1. The van der Waals surface area contributed by atoms with E-state index in [9.17, 15) is 9.59 Å². The van der Waals surface area contributed by atoms with Crippen LogP contribution in [0.5, 0.6) is 0 Å². The second kappa shape index (κ2) is 12.9. The highest BCUT2D eigenvalue weighted by atomic mass is 32.2. The number of hydrogen-bond acceptors (Lipinski definition) is 7. The average Bonchev–Trinajstić information content (AvgIpc) is 2.98. The van der Waals surface area contributed by atoms with Crippen molar-refractivity contribution in [1.29, 1.82) is 0 Å². The van der Waals surface area contributed by atoms with Gasteiger partial charge in [-0.05, 0) is 37.1 Å². The van der Waals surface area contributed by atoms with Crippen LogP contribution in [0.3, 0.4) is 0 Å². The molecule has 1 aromatic carbocycles. The second-order valence-electron chi connectivity index (χ2n) is 7.71. The van der Waals surface area contributed by atoms with Gasteiger partial charge in [0.1, 0.15) is 25.6 Å². The lowest BCUT2D eigenvalue weighted by Gasteiger charge is -2.21. The van der Waals surface area contributed by atoms with Crippen molar-refractivity contribution < 1.29 is 28.9 Å². The molecule has 1 aliphatic carbocycles. The Labute approximate surface area is 189 Å². The maximum absolute atomic E-state index is 12.9. The summed E-state index contributed by atoms with van der Waals surface area (Å²) in [4.78, 5) is 25.4. The molecule has 1 aliphatic rings. The first-order valence-electron chi connectivity index (χ1n) is 10.5. The van der Waals surface area contributed by atoms with Crippen LogP contribution in [-0.2, 0) is 23.8 Å². The van der Waals surface area contributed by atoms with E-state index < -0.39 is 5.97 Å². The SMILES string of the molecule is COC1C(C)C(=O)[C@H](CSc2ccc(C)c(C)c2)[C@H]1CC#CCOCC(=O)OCCO. The number of aryl methyl sites for hydroxylation is 2. The number of carbonyl (C=O) groups is 2. The number of aliphatic hydroxyl groups excluding tert-OH is 1. The summed E-state index contributed by atoms with van der Waals surface area (Å²) in [6.45, 7) is 5.75. The van der Waals surface area contributed by atoms with Gasteiger partial charge in [-0.15, -0.1) is 17.7 Å². The molecule has 0 aliphatic heterocycles. The van der Waals surface area contributed by atoms with Gasteiger partial charge in [0.05, 0.1) is 12.7 Å². The van der Waals surface area contributed by atoms with Gasteiger partial charge in [0.2, 0.25) is 0 Å². The number of thioether (sulfide) groups is 1. The number of methoxy groups -OCH3 is 1. The number of hydrogen-bond donors (Lipinski definition) is 1. The molecule has 7 heteroatoms. The molecule has 0 aromatic heterocycles. The van der Waals surface area contributed by atoms with E-state index in [-0.39, 0.29) is 56.1 Å². The maximum atomic E-state index is 12.9. The molecule has 0 amide bonds. The Morgan fingerprint density at radius 3 is 2.68 bits per heavy atom. The molecule has 2 rings (SSSR count). The zero-order valence-electron chi connectivity index (χ0n) is 18.7. The van der Waals surface area contributed by atoms with Crippen LogP contribution in [0.2, 0.25) is 0 Å². The average molecular weight is 449 g/mol. The van der Waals surface area contributed by atoms with E-state index in [1.54, 1.807) is 18.9 Å². The molecule has 6 nitrogen and oxygen atoms in total. The molecular formula is C24H32O6S. The lowest BCUT2D eigenvalue weighted by atomic mass is 9.92. The van der Waals surface area contributed by atoms with Gasteiger partial charge in [0.15, 0.2) is 0 Å². The topological polar surface area (TPSA) is 82.1 Å². The van der Waals surface area contributed by atoms with Crippen molar-refractivity contribution in [2.45, 2.75) is 38.2 Å². The molecule has 0 heterocycles. The summed E-state index contributed by atoms with van der Waals surface area (Å²) in [6.07, 6.45) is 0.381. The zero-order valence-corrected chi connectivity index (χ0v) is 19.5. The first-order chi connectivity index (χ1) is 14.9. The molecule has 31 heavy (non-hydrogen) atoms. The van der Waals surface area contributed by atoms with Crippen LogP contribution >= 0.6 is 11.8 Å². The van der Waals surface area contributed by atoms with Crippen LogP contribution in [-0.4, -0.2) is 62.3 Å². The van der Waals surface area contributed by atoms with Crippen molar-refractivity contribution in [2.75, 3.05) is 39.3 Å². The summed E-state index contributed by atoms with van der Waals surface area (Å²) < 4.78 is 15.5. The highest BCUT2D eigenvalue weighted by Gasteiger charge is 2.47. The highest BCUT2D eigenvalue weighted by Crippen LogP contribution is 2.40. The minimum Gasteiger partial charge on any atom is -0.462 e. The zero-order chi connectivity index (χ0) is 22.8. The lowest BCUT2D eigenvalue weighted by Crippen LogP contribution is -2.25. The van der Waals surface area contributed by atoms with Crippen molar-refractivity contribution in [3.8, 4) is 11.8 Å². The van der Waals surface area contributed by atoms with Crippen molar-refractivity contribution in [3.63, 3.8) is 0 Å². The smallest absolute Gasteiger partial charge is 0.332 e. The van der Waals surface area contributed by atoms with Gasteiger partial charge in [-0.1, -0.05) is 18.9 Å². The molecule has 2 unspecified atom stereocenters. The van der Waals surface area contributed by atoms with Crippen molar-refractivity contribution in [1.82, 2.24) is 0 Å². The molecule has 0 bridgehead atoms. The monoisotopic (exact) mass is 448 g/mol. The molecule has 170 valence electrons. The number of benzene rings is 1. The summed E-state index contributed by atoms with van der Waals surface area (Å²) in [7, 11) is 1.65. The van der Waals surface area contributed by atoms with Crippen LogP contribution in [0.4, 0.5) is 0 Å². The van der Waals surface area contributed by atoms with Crippen LogP contribution in [0.1, 0.15) is 24.5 Å². The number of rotatable bonds is 10. The molecule has 1 fully saturated rings. The predicted octanol–water partition coefficient (Wildman–Crippen LogP) is 2.81. The van der Waals surface area contributed by atoms with Gasteiger partial charge < -0.3 is 19.3 Å². The second-order valence-corrected chi connectivity index (χ2v) is 8.81. The molecule has 0 radical (unpaired) electrons. The first kappa shape index (κ1) is 25.4. The van der Waals surface area contributed by atoms with E-state index in [1.807, 2.05) is 6.92 Å². The first-order valence-corrected chi connectivity index (χ1v) is 11.4. The summed E-state index contributed by atoms with van der Waals surface area (Å²) in [5.74, 6) is 6.14. The van der Waals surface area contributed by atoms with Gasteiger partial charge in [-0.25, -0.2) is 4.79 Å². The molecule has 1 aromatic rings. The quantitative estimate of drug-likeness (QED) is 0.255. The Morgan fingerprint density at radius 2 is 2.00 bits per heavy atom. The third-order valence-corrected chi connectivity index (χ3v) is 6.75. The molecule has 1 N–H and O–H groups in total. The van der Waals surface area contributed by atoms with Gasteiger partial charge in [0, 0.05) is 41.9 Å². The molecule has 0 spiro atoms. The molecule has 4 atom stereocenters. The van der Waals surface area contributed by atoms with E-state index in [2.05, 4.69) is 43.9 Å². The fourth-order valence-electron chi connectivity index (χ4n) is 3.77. The predicted molar refractivity (Wildman–Crippen MR) is 120 cm³/mol. The largest absolute Gasteiger partial charge is 0.462 e. The number of Topliss-reactive ketones (excluding diaryl/α,β-unsaturated/α-hetero) is 1. The maximum Gasteiger partial charge on any atom is 0.332 e. The normalized spacial score (nSPS) is 22.8. The third kappa shape index (κ3) is 7.36. The van der Waals surface area contributed by atoms with Crippen molar-refractivity contribution >= 4 is 23.5 Å². The Balaban J connectivity index is 1.92. The van der Waals surface area contributed by atoms with Gasteiger partial charge >= 0.3 is 5.97 Å². The number of carbonyl (C=O) groups excluding carboxylic acids is 2. The summed E-state index contributed by atoms with van der Waals surface area (Å²) in [5, 5.41) is 8.61. The van der Waals surface area contributed by atoms with Gasteiger partial charge in [-0.2, -0.15) is 0 Å². The highest BCUT2D eigenvalue weighted by molar-refractivity contribution is 7.99. The van der Waals surface area contributed by atoms with Gasteiger partial charge in [0.25, 0.3) is 0 Å². The van der Waals surface area contributed by atoms with Crippen molar-refractivity contribution in [2.24, 2.45) is 17.8 Å². The van der Waals surface area contributed by atoms with E-state index in [0.29, 0.717) is 12.2 Å². The fourth-order valence-corrected chi connectivity index (χ4v) is 4.98. The Morgan fingerprint density at radius 1 is 1.23 bits per heavy atom. The van der Waals surface area contributed by atoms with Crippen molar-refractivity contribution in [3.05, 3.63) is 29.3 Å². The number of aliphatic hydroxyl groups is 1. The lowest BCUT2D eigenvalue weighted by molar-refractivity contribution is -0.149. The Hall–Kier alpha value is -1.85. The van der Waals surface area contributed by atoms with Crippen LogP contribution < -0.4 is 0 Å². The Bertz CT molecular complexity index is 812. The van der Waals surface area contributed by atoms with E-state index in [4.69, 9.17) is 19.3 Å². The third-order valence-electron chi connectivity index (χ3n) is 5.64. The summed E-state index contributed by atoms with van der Waals surface area (Å²) in [5.41, 5.74) is 2.50. The van der Waals surface area contributed by atoms with Gasteiger partial charge in [-0.3, -0.25) is 4.79 Å². The minimum atomic E-state index is -0.533. The number of esters is 1. The van der Waals surface area contributed by atoms with E-state index in [0.717, 1.165) is 4.90 Å². The summed E-state index contributed by atoms with van der Waals surface area (Å²) in [6, 6.07) is 6.37. The minimum absolute atomic E-state index is 0.0218. The van der Waals surface area contributed by atoms with E-state index >= 15 is 0 Å².